The van der Waals surface area contributed by atoms with Crippen molar-refractivity contribution in [1.29, 1.82) is 0 Å². The highest BCUT2D eigenvalue weighted by Gasteiger charge is 2.24. The summed E-state index contributed by atoms with van der Waals surface area (Å²) in [5.74, 6) is -0.165. The van der Waals surface area contributed by atoms with Gasteiger partial charge >= 0.3 is 0 Å². The molecule has 1 amide bonds. The van der Waals surface area contributed by atoms with Crippen molar-refractivity contribution in [3.8, 4) is 0 Å². The summed E-state index contributed by atoms with van der Waals surface area (Å²) in [5.41, 5.74) is 0. The number of nitrogens with one attached hydrogen (secondary N) is 1. The molecule has 3 atom stereocenters. The van der Waals surface area contributed by atoms with Crippen LogP contribution in [0.1, 0.15) is 264 Å². The first-order chi connectivity index (χ1) is 33.5. The maximum absolute atomic E-state index is 12.9. The van der Waals surface area contributed by atoms with Gasteiger partial charge in [-0.3, -0.25) is 9.36 Å². The Hall–Kier alpha value is -1.80. The standard InChI is InChI=1S/C60H113N2O6P/c1-6-8-10-12-14-16-17-18-19-20-21-22-23-24-25-26-27-28-29-30-31-32-33-34-35-36-37-38-39-40-41-42-43-44-45-46-48-50-52-54-60(64)61-58(57-68-69(65,66)67-56-55-62(3,4)5)59(63)53-51-49-47-15-13-11-9-7-2/h8,10,14,16,18-19,21-22,24-25,58-59,63H,6-7,9,11-13,15,17,20,23,26-57H2,1-5H3,(H-,61,64,65,66)/b10-8-,16-14-,19-18-,22-21-,25-24-. The maximum atomic E-state index is 12.9. The molecule has 8 nitrogen and oxygen atoms in total. The lowest BCUT2D eigenvalue weighted by Crippen LogP contribution is -2.46. The van der Waals surface area contributed by atoms with Crippen molar-refractivity contribution in [3.05, 3.63) is 60.8 Å². The molecule has 0 aromatic carbocycles. The van der Waals surface area contributed by atoms with E-state index in [-0.39, 0.29) is 19.1 Å². The Labute approximate surface area is 428 Å². The molecule has 0 aromatic heterocycles. The Balaban J connectivity index is 3.78. The Kier molecular flexibility index (Phi) is 49.8. The van der Waals surface area contributed by atoms with Crippen LogP contribution in [0.5, 0.6) is 0 Å². The molecule has 0 aliphatic carbocycles. The highest BCUT2D eigenvalue weighted by molar-refractivity contribution is 7.45. The quantitative estimate of drug-likeness (QED) is 0.0272. The van der Waals surface area contributed by atoms with Gasteiger partial charge in [-0.25, -0.2) is 0 Å². The molecule has 0 aliphatic rings. The number of carbonyl (C=O) groups excluding carboxylic acids is 1. The van der Waals surface area contributed by atoms with Gasteiger partial charge in [-0.1, -0.05) is 261 Å². The van der Waals surface area contributed by atoms with E-state index in [0.29, 0.717) is 23.9 Å². The summed E-state index contributed by atoms with van der Waals surface area (Å²) in [6, 6.07) is -0.797. The van der Waals surface area contributed by atoms with Crippen LogP contribution < -0.4 is 10.2 Å². The number of hydrogen-bond donors (Lipinski definition) is 2. The number of unbranched alkanes of at least 4 members (excludes halogenated alkanes) is 30. The van der Waals surface area contributed by atoms with Gasteiger partial charge in [0, 0.05) is 6.42 Å². The molecule has 404 valence electrons. The molecule has 0 rings (SSSR count). The van der Waals surface area contributed by atoms with Crippen molar-refractivity contribution in [2.45, 2.75) is 276 Å². The van der Waals surface area contributed by atoms with Crippen LogP contribution in [0.4, 0.5) is 0 Å². The lowest BCUT2D eigenvalue weighted by Gasteiger charge is -2.30. The molecule has 0 saturated heterocycles. The zero-order valence-electron chi connectivity index (χ0n) is 46.0. The molecule has 0 fully saturated rings. The summed E-state index contributed by atoms with van der Waals surface area (Å²) in [7, 11) is 1.31. The number of allylic oxidation sites excluding steroid dienone is 10. The minimum atomic E-state index is -4.56. The van der Waals surface area contributed by atoms with Crippen LogP contribution in [0.25, 0.3) is 0 Å². The molecule has 0 aliphatic heterocycles. The van der Waals surface area contributed by atoms with Gasteiger partial charge in [0.15, 0.2) is 0 Å². The average molecular weight is 990 g/mol. The average Bonchev–Trinajstić information content (AvgIpc) is 3.31. The normalized spacial score (nSPS) is 14.4. The topological polar surface area (TPSA) is 108 Å². The second kappa shape index (κ2) is 51.1. The van der Waals surface area contributed by atoms with Crippen molar-refractivity contribution in [2.75, 3.05) is 40.9 Å². The van der Waals surface area contributed by atoms with Crippen LogP contribution in [0.15, 0.2) is 60.8 Å². The van der Waals surface area contributed by atoms with E-state index in [2.05, 4.69) is 79.9 Å². The third kappa shape index (κ3) is 53.8. The monoisotopic (exact) mass is 989 g/mol. The molecule has 69 heavy (non-hydrogen) atoms. The molecule has 3 unspecified atom stereocenters. The molecule has 9 heteroatoms. The minimum absolute atomic E-state index is 0.0126. The van der Waals surface area contributed by atoms with Gasteiger partial charge in [0.25, 0.3) is 7.82 Å². The first kappa shape index (κ1) is 67.2. The van der Waals surface area contributed by atoms with E-state index >= 15 is 0 Å². The molecule has 0 spiro atoms. The van der Waals surface area contributed by atoms with E-state index in [1.165, 1.54) is 167 Å². The van der Waals surface area contributed by atoms with Gasteiger partial charge in [0.05, 0.1) is 39.9 Å². The number of aliphatic hydroxyl groups is 1. The van der Waals surface area contributed by atoms with Crippen LogP contribution in [-0.2, 0) is 18.4 Å². The summed E-state index contributed by atoms with van der Waals surface area (Å²) in [5, 5.41) is 13.9. The molecule has 0 radical (unpaired) electrons. The Morgan fingerprint density at radius 3 is 1.29 bits per heavy atom. The zero-order valence-corrected chi connectivity index (χ0v) is 46.9. The summed E-state index contributed by atoms with van der Waals surface area (Å²) >= 11 is 0. The molecule has 0 bridgehead atoms. The van der Waals surface area contributed by atoms with Gasteiger partial charge in [0.1, 0.15) is 13.2 Å². The van der Waals surface area contributed by atoms with E-state index in [1.807, 2.05) is 21.1 Å². The third-order valence-corrected chi connectivity index (χ3v) is 14.0. The number of nitrogens with zero attached hydrogens (tertiary/aromatic N) is 1. The molecular formula is C60H113N2O6P. The number of phosphoric ester groups is 1. The number of quaternary nitrogens is 1. The van der Waals surface area contributed by atoms with Crippen molar-refractivity contribution in [3.63, 3.8) is 0 Å². The van der Waals surface area contributed by atoms with Gasteiger partial charge < -0.3 is 28.8 Å². The molecular weight excluding hydrogens is 876 g/mol. The van der Waals surface area contributed by atoms with Crippen molar-refractivity contribution < 1.29 is 32.9 Å². The number of phosphoric acid groups is 1. The smallest absolute Gasteiger partial charge is 0.268 e. The molecule has 0 heterocycles. The highest BCUT2D eigenvalue weighted by atomic mass is 31.2. The SMILES string of the molecule is CC/C=C\C/C=C\C/C=C\C/C=C\C/C=C\CCCCCCCCCCCCCCCCCCCCCCCCCC(=O)NC(COP(=O)([O-])OCC[N+](C)(C)C)C(O)CCCCCCCCCC. The fourth-order valence-corrected chi connectivity index (χ4v) is 9.20. The second-order valence-corrected chi connectivity index (χ2v) is 22.4. The Bertz CT molecular complexity index is 1310. The Morgan fingerprint density at radius 1 is 0.522 bits per heavy atom. The predicted molar refractivity (Wildman–Crippen MR) is 297 cm³/mol. The fourth-order valence-electron chi connectivity index (χ4n) is 8.48. The predicted octanol–water partition coefficient (Wildman–Crippen LogP) is 17.1. The minimum Gasteiger partial charge on any atom is -0.756 e. The summed E-state index contributed by atoms with van der Waals surface area (Å²) in [6.45, 7) is 4.58. The van der Waals surface area contributed by atoms with Crippen LogP contribution in [-0.4, -0.2) is 68.5 Å². The fraction of sp³-hybridized carbons (Fsp3) is 0.817. The summed E-state index contributed by atoms with van der Waals surface area (Å²) < 4.78 is 23.3. The van der Waals surface area contributed by atoms with E-state index in [0.717, 1.165) is 70.6 Å². The van der Waals surface area contributed by atoms with E-state index in [4.69, 9.17) is 9.05 Å². The first-order valence-corrected chi connectivity index (χ1v) is 30.6. The second-order valence-electron chi connectivity index (χ2n) is 21.0. The summed E-state index contributed by atoms with van der Waals surface area (Å²) in [4.78, 5) is 25.3. The van der Waals surface area contributed by atoms with Crippen molar-refractivity contribution in [1.82, 2.24) is 5.32 Å². The van der Waals surface area contributed by atoms with E-state index < -0.39 is 20.0 Å². The van der Waals surface area contributed by atoms with Crippen molar-refractivity contribution in [2.24, 2.45) is 0 Å². The lowest BCUT2D eigenvalue weighted by atomic mass is 10.0. The van der Waals surface area contributed by atoms with Crippen LogP contribution in [0.2, 0.25) is 0 Å². The van der Waals surface area contributed by atoms with Crippen LogP contribution in [0, 0.1) is 0 Å². The van der Waals surface area contributed by atoms with Gasteiger partial charge in [-0.05, 0) is 57.8 Å². The number of amides is 1. The van der Waals surface area contributed by atoms with E-state index in [9.17, 15) is 19.4 Å². The third-order valence-electron chi connectivity index (χ3n) is 13.0. The van der Waals surface area contributed by atoms with Crippen molar-refractivity contribution >= 4 is 13.7 Å². The number of likely N-dealkylation sites (N-methyl/N-ethyl adjacent to an activating group) is 1. The molecule has 2 N–H and O–H groups in total. The lowest BCUT2D eigenvalue weighted by molar-refractivity contribution is -0.870. The Morgan fingerprint density at radius 2 is 0.884 bits per heavy atom. The summed E-state index contributed by atoms with van der Waals surface area (Å²) in [6.07, 6.45) is 68.7. The van der Waals surface area contributed by atoms with E-state index in [1.54, 1.807) is 0 Å². The number of aliphatic hydroxyl groups excluding tert-OH is 1. The van der Waals surface area contributed by atoms with Gasteiger partial charge in [0.2, 0.25) is 5.91 Å². The largest absolute Gasteiger partial charge is 0.756 e. The zero-order chi connectivity index (χ0) is 50.6. The maximum Gasteiger partial charge on any atom is 0.268 e. The number of carbonyl (C=O) groups is 1. The highest BCUT2D eigenvalue weighted by Crippen LogP contribution is 2.38. The number of rotatable bonds is 53. The molecule has 0 aromatic rings. The van der Waals surface area contributed by atoms with Crippen LogP contribution >= 0.6 is 7.82 Å². The van der Waals surface area contributed by atoms with Gasteiger partial charge in [-0.15, -0.1) is 0 Å². The first-order valence-electron chi connectivity index (χ1n) is 29.1. The van der Waals surface area contributed by atoms with Gasteiger partial charge in [-0.2, -0.15) is 0 Å². The molecule has 0 saturated carbocycles. The number of hydrogen-bond acceptors (Lipinski definition) is 6. The van der Waals surface area contributed by atoms with Crippen LogP contribution in [0.3, 0.4) is 0 Å².